The summed E-state index contributed by atoms with van der Waals surface area (Å²) in [4.78, 5) is 0. The van der Waals surface area contributed by atoms with Crippen LogP contribution in [0.25, 0.3) is 0 Å². The minimum Gasteiger partial charge on any atom is -0.394 e. The Morgan fingerprint density at radius 1 is 1.23 bits per heavy atom. The van der Waals surface area contributed by atoms with E-state index in [0.29, 0.717) is 0 Å². The van der Waals surface area contributed by atoms with E-state index in [9.17, 15) is 0 Å². The van der Waals surface area contributed by atoms with Crippen molar-refractivity contribution in [3.05, 3.63) is 0 Å². The molecule has 0 aromatic rings. The molecule has 1 atom stereocenters. The van der Waals surface area contributed by atoms with Gasteiger partial charge in [0.2, 0.25) is 0 Å². The van der Waals surface area contributed by atoms with E-state index in [4.69, 9.17) is 14.9 Å². The second-order valence-electron chi connectivity index (χ2n) is 2.94. The maximum atomic E-state index is 8.11. The van der Waals surface area contributed by atoms with Gasteiger partial charge in [0.1, 0.15) is 0 Å². The molecule has 0 aliphatic rings. The van der Waals surface area contributed by atoms with Crippen LogP contribution in [0.15, 0.2) is 0 Å². The molecule has 0 amide bonds. The number of hydrogen-bond donors (Lipinski definition) is 2. The van der Waals surface area contributed by atoms with E-state index in [1.165, 1.54) is 26.2 Å². The lowest BCUT2D eigenvalue weighted by Gasteiger charge is -1.96. The van der Waals surface area contributed by atoms with Gasteiger partial charge in [-0.15, -0.1) is 0 Å². The number of aliphatic hydroxyl groups excluding tert-OH is 2. The molecule has 0 saturated carbocycles. The molecule has 1 unspecified atom stereocenters. The number of rotatable bonds is 6. The minimum atomic E-state index is -0.560. The molecule has 0 radical (unpaired) electrons. The highest BCUT2D eigenvalue weighted by Gasteiger charge is 1.83. The first-order valence-corrected chi connectivity index (χ1v) is 5.05. The lowest BCUT2D eigenvalue weighted by molar-refractivity contribution is 0.110. The predicted octanol–water partition coefficient (Wildman–Crippen LogP) is 1.57. The van der Waals surface area contributed by atoms with Crippen molar-refractivity contribution in [1.82, 2.24) is 0 Å². The van der Waals surface area contributed by atoms with E-state index in [1.54, 1.807) is 0 Å². The van der Waals surface area contributed by atoms with Gasteiger partial charge < -0.3 is 14.9 Å². The molecule has 0 heterocycles. The Bertz CT molecular complexity index is 68.6. The normalized spacial score (nSPS) is 11.8. The van der Waals surface area contributed by atoms with E-state index in [2.05, 4.69) is 6.92 Å². The summed E-state index contributed by atoms with van der Waals surface area (Å²) in [5.41, 5.74) is 0. The highest BCUT2D eigenvalue weighted by atomic mass is 16.5. The van der Waals surface area contributed by atoms with Crippen molar-refractivity contribution in [3.63, 3.8) is 0 Å². The Morgan fingerprint density at radius 3 is 2.08 bits per heavy atom. The quantitative estimate of drug-likeness (QED) is 0.628. The molecule has 0 aliphatic heterocycles. The van der Waals surface area contributed by atoms with Crippen LogP contribution in [0.5, 0.6) is 0 Å². The first-order chi connectivity index (χ1) is 6.18. The van der Waals surface area contributed by atoms with Crippen LogP contribution >= 0.6 is 0 Å². The molecule has 3 nitrogen and oxygen atoms in total. The summed E-state index contributed by atoms with van der Waals surface area (Å²) < 4.78 is 5.14. The molecule has 0 spiro atoms. The van der Waals surface area contributed by atoms with Crippen LogP contribution in [0.4, 0.5) is 0 Å². The summed E-state index contributed by atoms with van der Waals surface area (Å²) in [7, 11) is 0. The van der Waals surface area contributed by atoms with Crippen molar-refractivity contribution in [2.45, 2.75) is 46.1 Å². The third-order valence-electron chi connectivity index (χ3n) is 1.36. The summed E-state index contributed by atoms with van der Waals surface area (Å²) >= 11 is 0. The molecule has 0 fully saturated rings. The summed E-state index contributed by atoms with van der Waals surface area (Å²) in [6, 6.07) is 0. The van der Waals surface area contributed by atoms with Gasteiger partial charge in [0.15, 0.2) is 0 Å². The Morgan fingerprint density at radius 2 is 1.77 bits per heavy atom. The van der Waals surface area contributed by atoms with Gasteiger partial charge in [-0.05, 0) is 20.3 Å². The fraction of sp³-hybridized carbons (Fsp3) is 1.00. The van der Waals surface area contributed by atoms with Gasteiger partial charge in [-0.1, -0.05) is 19.8 Å². The molecule has 0 rings (SSSR count). The van der Waals surface area contributed by atoms with E-state index in [1.807, 2.05) is 6.92 Å². The molecule has 0 bridgehead atoms. The summed E-state index contributed by atoms with van der Waals surface area (Å²) in [5, 5.41) is 16.0. The van der Waals surface area contributed by atoms with Crippen molar-refractivity contribution >= 4 is 0 Å². The Balaban J connectivity index is 0. The van der Waals surface area contributed by atoms with Crippen LogP contribution < -0.4 is 0 Å². The van der Waals surface area contributed by atoms with E-state index >= 15 is 0 Å². The largest absolute Gasteiger partial charge is 0.394 e. The van der Waals surface area contributed by atoms with Crippen LogP contribution in [-0.4, -0.2) is 36.1 Å². The first kappa shape index (κ1) is 15.4. The van der Waals surface area contributed by atoms with Crippen molar-refractivity contribution in [2.24, 2.45) is 0 Å². The first-order valence-electron chi connectivity index (χ1n) is 5.05. The molecule has 0 aliphatic carbocycles. The van der Waals surface area contributed by atoms with Gasteiger partial charge in [0.25, 0.3) is 0 Å². The predicted molar refractivity (Wildman–Crippen MR) is 54.8 cm³/mol. The lowest BCUT2D eigenvalue weighted by Crippen LogP contribution is -2.03. The van der Waals surface area contributed by atoms with Gasteiger partial charge >= 0.3 is 0 Å². The van der Waals surface area contributed by atoms with Gasteiger partial charge in [-0.3, -0.25) is 0 Å². The zero-order chi connectivity index (χ0) is 10.5. The van der Waals surface area contributed by atoms with E-state index in [-0.39, 0.29) is 6.61 Å². The fourth-order valence-corrected chi connectivity index (χ4v) is 0.598. The highest BCUT2D eigenvalue weighted by molar-refractivity contribution is 4.34. The number of hydrogen-bond acceptors (Lipinski definition) is 3. The zero-order valence-corrected chi connectivity index (χ0v) is 9.12. The van der Waals surface area contributed by atoms with Crippen LogP contribution in [0.1, 0.15) is 40.0 Å². The van der Waals surface area contributed by atoms with Gasteiger partial charge in [0, 0.05) is 13.2 Å². The van der Waals surface area contributed by atoms with Crippen molar-refractivity contribution in [3.8, 4) is 0 Å². The van der Waals surface area contributed by atoms with E-state index < -0.39 is 6.10 Å². The molecule has 2 N–H and O–H groups in total. The maximum absolute atomic E-state index is 8.11. The molecule has 0 aromatic heterocycles. The monoisotopic (exact) mass is 192 g/mol. The molecular formula is C10H24O3. The second-order valence-corrected chi connectivity index (χ2v) is 2.94. The van der Waals surface area contributed by atoms with Gasteiger partial charge in [0.05, 0.1) is 12.7 Å². The van der Waals surface area contributed by atoms with E-state index in [0.717, 1.165) is 13.2 Å². The molecule has 3 heteroatoms. The van der Waals surface area contributed by atoms with Crippen molar-refractivity contribution in [2.75, 3.05) is 19.8 Å². The second kappa shape index (κ2) is 14.4. The number of unbranched alkanes of at least 4 members (excludes halogenated alkanes) is 2. The van der Waals surface area contributed by atoms with Crippen LogP contribution in [-0.2, 0) is 4.74 Å². The molecule has 13 heavy (non-hydrogen) atoms. The molecule has 0 saturated heterocycles. The number of aliphatic hydroxyl groups is 2. The molecule has 0 aromatic carbocycles. The van der Waals surface area contributed by atoms with Crippen LogP contribution in [0, 0.1) is 0 Å². The summed E-state index contributed by atoms with van der Waals surface area (Å²) in [5.74, 6) is 0. The third kappa shape index (κ3) is 24.5. The average Bonchev–Trinajstić information content (AvgIpc) is 2.14. The SMILES string of the molecule is CC(O)CO.CCCCCOCC. The highest BCUT2D eigenvalue weighted by Crippen LogP contribution is 1.92. The lowest BCUT2D eigenvalue weighted by atomic mass is 10.3. The average molecular weight is 192 g/mol. The van der Waals surface area contributed by atoms with Crippen molar-refractivity contribution < 1.29 is 14.9 Å². The summed E-state index contributed by atoms with van der Waals surface area (Å²) in [6.07, 6.45) is 3.26. The van der Waals surface area contributed by atoms with Crippen LogP contribution in [0.2, 0.25) is 0 Å². The molecule has 82 valence electrons. The fourth-order valence-electron chi connectivity index (χ4n) is 0.598. The number of ether oxygens (including phenoxy) is 1. The van der Waals surface area contributed by atoms with Gasteiger partial charge in [-0.25, -0.2) is 0 Å². The van der Waals surface area contributed by atoms with Crippen LogP contribution in [0.3, 0.4) is 0 Å². The van der Waals surface area contributed by atoms with Crippen molar-refractivity contribution in [1.29, 1.82) is 0 Å². The standard InChI is InChI=1S/C7H16O.C3H8O2/c1-3-5-6-7-8-4-2;1-3(5)2-4/h3-7H2,1-2H3;3-5H,2H2,1H3. The topological polar surface area (TPSA) is 49.7 Å². The molecular weight excluding hydrogens is 168 g/mol. The Labute approximate surface area is 81.7 Å². The Kier molecular flexibility index (Phi) is 17.0. The van der Waals surface area contributed by atoms with Gasteiger partial charge in [-0.2, -0.15) is 0 Å². The maximum Gasteiger partial charge on any atom is 0.0742 e. The smallest absolute Gasteiger partial charge is 0.0742 e. The Hall–Kier alpha value is -0.120. The summed E-state index contributed by atoms with van der Waals surface area (Å²) in [6.45, 7) is 7.44. The minimum absolute atomic E-state index is 0.139. The zero-order valence-electron chi connectivity index (χ0n) is 9.12. The third-order valence-corrected chi connectivity index (χ3v) is 1.36.